The summed E-state index contributed by atoms with van der Waals surface area (Å²) >= 11 is 1.54. The highest BCUT2D eigenvalue weighted by Gasteiger charge is 2.26. The summed E-state index contributed by atoms with van der Waals surface area (Å²) < 4.78 is 0.935. The van der Waals surface area contributed by atoms with Gasteiger partial charge in [-0.3, -0.25) is 15.6 Å². The Balaban J connectivity index is 1.64. The minimum absolute atomic E-state index is 0.0438. The molecule has 0 aromatic carbocycles. The number of nitrogens with one attached hydrogen (secondary N) is 2. The van der Waals surface area contributed by atoms with Crippen molar-refractivity contribution >= 4 is 33.3 Å². The molecule has 1 aliphatic carbocycles. The van der Waals surface area contributed by atoms with Gasteiger partial charge in [-0.2, -0.15) is 0 Å². The Labute approximate surface area is 133 Å². The van der Waals surface area contributed by atoms with Gasteiger partial charge >= 0.3 is 0 Å². The number of thiophene rings is 1. The molecule has 1 saturated carbocycles. The van der Waals surface area contributed by atoms with Crippen LogP contribution in [0.25, 0.3) is 10.2 Å². The van der Waals surface area contributed by atoms with E-state index in [1.54, 1.807) is 11.3 Å². The van der Waals surface area contributed by atoms with Gasteiger partial charge in [0, 0.05) is 6.04 Å². The maximum Gasteiger partial charge on any atom is 0.243 e. The molecule has 0 unspecified atom stereocenters. The number of anilines is 1. The van der Waals surface area contributed by atoms with Gasteiger partial charge in [0.05, 0.1) is 16.1 Å². The van der Waals surface area contributed by atoms with Gasteiger partial charge in [0.15, 0.2) is 5.82 Å². The van der Waals surface area contributed by atoms with E-state index in [9.17, 15) is 4.79 Å². The third-order valence-electron chi connectivity index (χ3n) is 4.20. The highest BCUT2D eigenvalue weighted by atomic mass is 32.1. The van der Waals surface area contributed by atoms with Crippen LogP contribution in [-0.2, 0) is 4.79 Å². The lowest BCUT2D eigenvalue weighted by molar-refractivity contribution is -0.125. The molecule has 2 heterocycles. The molecule has 7 heteroatoms. The number of hydrogen-bond acceptors (Lipinski definition) is 6. The Morgan fingerprint density at radius 2 is 2.05 bits per heavy atom. The number of aromatic nitrogens is 2. The summed E-state index contributed by atoms with van der Waals surface area (Å²) in [5, 5.41) is 1.96. The molecule has 6 nitrogen and oxygen atoms in total. The van der Waals surface area contributed by atoms with Gasteiger partial charge in [-0.05, 0) is 24.3 Å². The fourth-order valence-corrected chi connectivity index (χ4v) is 3.72. The lowest BCUT2D eigenvalue weighted by Crippen LogP contribution is -2.44. The third-order valence-corrected chi connectivity index (χ3v) is 5.11. The Kier molecular flexibility index (Phi) is 4.84. The molecule has 118 valence electrons. The monoisotopic (exact) mass is 319 g/mol. The molecule has 1 amide bonds. The van der Waals surface area contributed by atoms with Crippen molar-refractivity contribution in [2.75, 3.05) is 5.43 Å². The summed E-state index contributed by atoms with van der Waals surface area (Å²) in [6.07, 6.45) is 7.84. The Bertz CT molecular complexity index is 644. The van der Waals surface area contributed by atoms with Crippen LogP contribution in [-0.4, -0.2) is 21.9 Å². The van der Waals surface area contributed by atoms with Crippen LogP contribution < -0.4 is 16.6 Å². The summed E-state index contributed by atoms with van der Waals surface area (Å²) in [6, 6.07) is 1.87. The van der Waals surface area contributed by atoms with Gasteiger partial charge < -0.3 is 5.73 Å². The second kappa shape index (κ2) is 7.02. The van der Waals surface area contributed by atoms with Gasteiger partial charge in [0.2, 0.25) is 5.91 Å². The second-order valence-electron chi connectivity index (χ2n) is 5.73. The molecule has 0 bridgehead atoms. The van der Waals surface area contributed by atoms with Crippen molar-refractivity contribution in [2.24, 2.45) is 11.7 Å². The van der Waals surface area contributed by atoms with Crippen molar-refractivity contribution in [3.05, 3.63) is 17.8 Å². The summed E-state index contributed by atoms with van der Waals surface area (Å²) in [5.74, 6) is 0.457. The molecule has 0 aliphatic heterocycles. The van der Waals surface area contributed by atoms with Crippen LogP contribution in [0, 0.1) is 5.92 Å². The molecule has 22 heavy (non-hydrogen) atoms. The van der Waals surface area contributed by atoms with Crippen LogP contribution in [0.3, 0.4) is 0 Å². The molecule has 3 rings (SSSR count). The van der Waals surface area contributed by atoms with E-state index in [1.807, 2.05) is 11.4 Å². The number of nitrogens with two attached hydrogens (primary N) is 1. The Morgan fingerprint density at radius 1 is 1.23 bits per heavy atom. The quantitative estimate of drug-likeness (QED) is 0.756. The maximum atomic E-state index is 12.4. The first-order valence-electron chi connectivity index (χ1n) is 7.75. The van der Waals surface area contributed by atoms with E-state index >= 15 is 0 Å². The summed E-state index contributed by atoms with van der Waals surface area (Å²) in [4.78, 5) is 20.8. The molecule has 2 atom stereocenters. The number of carbonyl (C=O) groups excluding carboxylic acids is 1. The number of carbonyl (C=O) groups is 1. The lowest BCUT2D eigenvalue weighted by atomic mass is 9.87. The maximum absolute atomic E-state index is 12.4. The van der Waals surface area contributed by atoms with Crippen molar-refractivity contribution in [2.45, 2.75) is 44.6 Å². The number of amides is 1. The normalized spacial score (nSPS) is 22.8. The minimum atomic E-state index is -0.131. The number of fused-ring (bicyclic) bond motifs is 1. The second-order valence-corrected chi connectivity index (χ2v) is 6.65. The van der Waals surface area contributed by atoms with E-state index < -0.39 is 0 Å². The first-order valence-corrected chi connectivity index (χ1v) is 8.63. The number of hydrazine groups is 1. The standard InChI is InChI=1S/C15H21N5OS/c16-11-6-4-2-1-3-5-10(11)15(21)20-19-14-13-12(7-8-22-13)17-9-18-14/h7-11H,1-6,16H2,(H,20,21)(H,17,18,19)/t10-,11+/m0/s1. The van der Waals surface area contributed by atoms with E-state index in [0.29, 0.717) is 5.82 Å². The highest BCUT2D eigenvalue weighted by molar-refractivity contribution is 7.17. The molecule has 0 saturated heterocycles. The molecule has 2 aromatic rings. The largest absolute Gasteiger partial charge is 0.327 e. The predicted octanol–water partition coefficient (Wildman–Crippen LogP) is 2.43. The van der Waals surface area contributed by atoms with Crippen LogP contribution in [0.4, 0.5) is 5.82 Å². The topological polar surface area (TPSA) is 92.9 Å². The van der Waals surface area contributed by atoms with Gasteiger partial charge in [-0.25, -0.2) is 9.97 Å². The van der Waals surface area contributed by atoms with Crippen molar-refractivity contribution < 1.29 is 4.79 Å². The zero-order chi connectivity index (χ0) is 15.4. The Hall–Kier alpha value is -1.73. The highest BCUT2D eigenvalue weighted by Crippen LogP contribution is 2.25. The van der Waals surface area contributed by atoms with Crippen LogP contribution in [0.15, 0.2) is 17.8 Å². The lowest BCUT2D eigenvalue weighted by Gasteiger charge is -2.25. The van der Waals surface area contributed by atoms with Crippen LogP contribution in [0.2, 0.25) is 0 Å². The fraction of sp³-hybridized carbons (Fsp3) is 0.533. The number of rotatable bonds is 3. The fourth-order valence-electron chi connectivity index (χ4n) is 2.93. The number of hydrogen-bond donors (Lipinski definition) is 3. The molecule has 0 radical (unpaired) electrons. The Morgan fingerprint density at radius 3 is 2.91 bits per heavy atom. The molecular formula is C15H21N5OS. The zero-order valence-corrected chi connectivity index (χ0v) is 13.2. The average Bonchev–Trinajstić information content (AvgIpc) is 2.98. The summed E-state index contributed by atoms with van der Waals surface area (Å²) in [6.45, 7) is 0. The minimum Gasteiger partial charge on any atom is -0.327 e. The molecule has 4 N–H and O–H groups in total. The van der Waals surface area contributed by atoms with Gasteiger partial charge in [-0.15, -0.1) is 11.3 Å². The van der Waals surface area contributed by atoms with Crippen molar-refractivity contribution in [1.29, 1.82) is 0 Å². The van der Waals surface area contributed by atoms with Gasteiger partial charge in [0.25, 0.3) is 0 Å². The smallest absolute Gasteiger partial charge is 0.243 e. The molecular weight excluding hydrogens is 298 g/mol. The van der Waals surface area contributed by atoms with E-state index in [0.717, 1.165) is 35.9 Å². The average molecular weight is 319 g/mol. The predicted molar refractivity (Wildman–Crippen MR) is 88.3 cm³/mol. The first kappa shape index (κ1) is 15.2. The summed E-state index contributed by atoms with van der Waals surface area (Å²) in [7, 11) is 0. The van der Waals surface area contributed by atoms with Gasteiger partial charge in [0.1, 0.15) is 6.33 Å². The van der Waals surface area contributed by atoms with E-state index in [1.165, 1.54) is 19.2 Å². The third kappa shape index (κ3) is 3.36. The number of nitrogens with zero attached hydrogens (tertiary/aromatic N) is 2. The van der Waals surface area contributed by atoms with E-state index in [2.05, 4.69) is 20.8 Å². The molecule has 2 aromatic heterocycles. The van der Waals surface area contributed by atoms with Crippen LogP contribution >= 0.6 is 11.3 Å². The molecule has 1 aliphatic rings. The first-order chi connectivity index (χ1) is 10.8. The van der Waals surface area contributed by atoms with Gasteiger partial charge in [-0.1, -0.05) is 25.7 Å². The van der Waals surface area contributed by atoms with Crippen molar-refractivity contribution in [1.82, 2.24) is 15.4 Å². The van der Waals surface area contributed by atoms with Crippen molar-refractivity contribution in [3.63, 3.8) is 0 Å². The van der Waals surface area contributed by atoms with E-state index in [4.69, 9.17) is 5.73 Å². The SMILES string of the molecule is N[C@@H]1CCCCCC[C@@H]1C(=O)NNc1ncnc2ccsc12. The van der Waals surface area contributed by atoms with Crippen molar-refractivity contribution in [3.8, 4) is 0 Å². The van der Waals surface area contributed by atoms with Crippen LogP contribution in [0.1, 0.15) is 38.5 Å². The molecule has 1 fully saturated rings. The molecule has 0 spiro atoms. The van der Waals surface area contributed by atoms with E-state index in [-0.39, 0.29) is 17.9 Å². The van der Waals surface area contributed by atoms with Crippen LogP contribution in [0.5, 0.6) is 0 Å². The summed E-state index contributed by atoms with van der Waals surface area (Å²) in [5.41, 5.74) is 12.8. The zero-order valence-electron chi connectivity index (χ0n) is 12.4.